The summed E-state index contributed by atoms with van der Waals surface area (Å²) in [5, 5.41) is 0. The standard InChI is InChI=1S/C21H28FNO3S/c1-21(2,3)16-26-13-8-14-27(24,25)23-20(17-9-5-4-6-10-17)18-11-7-12-19(22)15-18/h4-7,9-12,15,20,23H,8,13-14,16H2,1-3H3. The van der Waals surface area contributed by atoms with Crippen LogP contribution in [0.1, 0.15) is 44.4 Å². The Morgan fingerprint density at radius 3 is 2.33 bits per heavy atom. The molecule has 4 nitrogen and oxygen atoms in total. The number of benzene rings is 2. The molecular formula is C21H28FNO3S. The Morgan fingerprint density at radius 2 is 1.70 bits per heavy atom. The average Bonchev–Trinajstić information content (AvgIpc) is 2.59. The fourth-order valence-electron chi connectivity index (χ4n) is 2.63. The summed E-state index contributed by atoms with van der Waals surface area (Å²) < 4.78 is 47.1. The Kier molecular flexibility index (Phi) is 7.53. The van der Waals surface area contributed by atoms with Gasteiger partial charge in [-0.2, -0.15) is 0 Å². The average molecular weight is 394 g/mol. The van der Waals surface area contributed by atoms with E-state index in [-0.39, 0.29) is 11.2 Å². The lowest BCUT2D eigenvalue weighted by atomic mass is 9.99. The molecule has 0 aromatic heterocycles. The molecule has 1 unspecified atom stereocenters. The van der Waals surface area contributed by atoms with Gasteiger partial charge < -0.3 is 4.74 Å². The van der Waals surface area contributed by atoms with Gasteiger partial charge in [0.15, 0.2) is 0 Å². The molecule has 0 bridgehead atoms. The molecular weight excluding hydrogens is 365 g/mol. The Balaban J connectivity index is 2.06. The summed E-state index contributed by atoms with van der Waals surface area (Å²) in [6.45, 7) is 7.16. The second-order valence-electron chi connectivity index (χ2n) is 7.80. The molecule has 2 aromatic rings. The summed E-state index contributed by atoms with van der Waals surface area (Å²) in [5.41, 5.74) is 1.37. The third kappa shape index (κ3) is 7.79. The summed E-state index contributed by atoms with van der Waals surface area (Å²) >= 11 is 0. The lowest BCUT2D eigenvalue weighted by Gasteiger charge is -2.20. The fraction of sp³-hybridized carbons (Fsp3) is 0.429. The van der Waals surface area contributed by atoms with E-state index in [9.17, 15) is 12.8 Å². The molecule has 0 radical (unpaired) electrons. The van der Waals surface area contributed by atoms with Gasteiger partial charge in [-0.15, -0.1) is 0 Å². The minimum absolute atomic E-state index is 0.0458. The maximum Gasteiger partial charge on any atom is 0.212 e. The summed E-state index contributed by atoms with van der Waals surface area (Å²) in [5.74, 6) is -0.446. The van der Waals surface area contributed by atoms with Crippen LogP contribution in [0.4, 0.5) is 4.39 Å². The van der Waals surface area contributed by atoms with Gasteiger partial charge in [0.2, 0.25) is 10.0 Å². The van der Waals surface area contributed by atoms with Crippen LogP contribution in [0.5, 0.6) is 0 Å². The van der Waals surface area contributed by atoms with E-state index in [4.69, 9.17) is 4.74 Å². The summed E-state index contributed by atoms with van der Waals surface area (Å²) in [7, 11) is -3.56. The van der Waals surface area contributed by atoms with Crippen LogP contribution in [-0.2, 0) is 14.8 Å². The molecule has 0 saturated carbocycles. The SMILES string of the molecule is CC(C)(C)COCCCS(=O)(=O)NC(c1ccccc1)c1cccc(F)c1. The summed E-state index contributed by atoms with van der Waals surface area (Å²) in [6, 6.07) is 14.5. The van der Waals surface area contributed by atoms with Crippen molar-refractivity contribution in [3.8, 4) is 0 Å². The normalized spacial score (nSPS) is 13.5. The predicted molar refractivity (Wildman–Crippen MR) is 106 cm³/mol. The maximum atomic E-state index is 13.7. The highest BCUT2D eigenvalue weighted by Gasteiger charge is 2.21. The van der Waals surface area contributed by atoms with Gasteiger partial charge in [-0.3, -0.25) is 0 Å². The monoisotopic (exact) mass is 393 g/mol. The Bertz CT molecular complexity index is 817. The van der Waals surface area contributed by atoms with Crippen LogP contribution >= 0.6 is 0 Å². The molecule has 27 heavy (non-hydrogen) atoms. The van der Waals surface area contributed by atoms with Crippen molar-refractivity contribution in [2.45, 2.75) is 33.2 Å². The molecule has 0 aliphatic rings. The molecule has 1 atom stereocenters. The van der Waals surface area contributed by atoms with Crippen molar-refractivity contribution >= 4 is 10.0 Å². The quantitative estimate of drug-likeness (QED) is 0.647. The lowest BCUT2D eigenvalue weighted by molar-refractivity contribution is 0.0720. The molecule has 0 saturated heterocycles. The van der Waals surface area contributed by atoms with E-state index in [2.05, 4.69) is 25.5 Å². The minimum atomic E-state index is -3.56. The van der Waals surface area contributed by atoms with Crippen LogP contribution < -0.4 is 4.72 Å². The van der Waals surface area contributed by atoms with Crippen molar-refractivity contribution in [1.82, 2.24) is 4.72 Å². The van der Waals surface area contributed by atoms with Crippen molar-refractivity contribution in [2.24, 2.45) is 5.41 Å². The third-order valence-corrected chi connectivity index (χ3v) is 5.27. The molecule has 6 heteroatoms. The molecule has 2 rings (SSSR count). The zero-order valence-electron chi connectivity index (χ0n) is 16.1. The second-order valence-corrected chi connectivity index (χ2v) is 9.68. The molecule has 0 aliphatic heterocycles. The molecule has 0 spiro atoms. The number of halogens is 1. The van der Waals surface area contributed by atoms with Gasteiger partial charge in [-0.1, -0.05) is 63.2 Å². The highest BCUT2D eigenvalue weighted by Crippen LogP contribution is 2.23. The molecule has 0 heterocycles. The highest BCUT2D eigenvalue weighted by molar-refractivity contribution is 7.89. The van der Waals surface area contributed by atoms with Crippen molar-refractivity contribution < 1.29 is 17.5 Å². The number of rotatable bonds is 9. The van der Waals surface area contributed by atoms with Gasteiger partial charge in [0.1, 0.15) is 5.82 Å². The first-order chi connectivity index (χ1) is 12.7. The zero-order chi connectivity index (χ0) is 19.9. The maximum absolute atomic E-state index is 13.7. The molecule has 0 aliphatic carbocycles. The number of hydrogen-bond donors (Lipinski definition) is 1. The van der Waals surface area contributed by atoms with Crippen molar-refractivity contribution in [1.29, 1.82) is 0 Å². The molecule has 0 amide bonds. The van der Waals surface area contributed by atoms with Crippen molar-refractivity contribution in [2.75, 3.05) is 19.0 Å². The van der Waals surface area contributed by atoms with Crippen LogP contribution in [0.25, 0.3) is 0 Å². The van der Waals surface area contributed by atoms with Gasteiger partial charge in [-0.25, -0.2) is 17.5 Å². The summed E-state index contributed by atoms with van der Waals surface area (Å²) in [6.07, 6.45) is 0.399. The second kappa shape index (κ2) is 9.44. The number of sulfonamides is 1. The van der Waals surface area contributed by atoms with Crippen molar-refractivity contribution in [3.05, 3.63) is 71.5 Å². The molecule has 2 aromatic carbocycles. The Hall–Kier alpha value is -1.76. The first-order valence-electron chi connectivity index (χ1n) is 9.04. The first kappa shape index (κ1) is 21.5. The Morgan fingerprint density at radius 1 is 1.04 bits per heavy atom. The lowest BCUT2D eigenvalue weighted by Crippen LogP contribution is -2.32. The van der Waals surface area contributed by atoms with Gasteiger partial charge in [0.05, 0.1) is 18.4 Å². The van der Waals surface area contributed by atoms with Crippen LogP contribution in [0, 0.1) is 11.2 Å². The van der Waals surface area contributed by atoms with Gasteiger partial charge in [-0.05, 0) is 35.1 Å². The number of ether oxygens (including phenoxy) is 1. The van der Waals surface area contributed by atoms with E-state index >= 15 is 0 Å². The van der Waals surface area contributed by atoms with E-state index in [1.54, 1.807) is 12.1 Å². The van der Waals surface area contributed by atoms with Crippen LogP contribution in [0.3, 0.4) is 0 Å². The largest absolute Gasteiger partial charge is 0.381 e. The van der Waals surface area contributed by atoms with Crippen LogP contribution in [-0.4, -0.2) is 27.4 Å². The van der Waals surface area contributed by atoms with Gasteiger partial charge in [0, 0.05) is 6.61 Å². The Labute approximate surface area is 161 Å². The third-order valence-electron chi connectivity index (χ3n) is 3.85. The molecule has 0 fully saturated rings. The predicted octanol–water partition coefficient (Wildman–Crippen LogP) is 4.29. The van der Waals surface area contributed by atoms with Crippen molar-refractivity contribution in [3.63, 3.8) is 0 Å². The summed E-state index contributed by atoms with van der Waals surface area (Å²) in [4.78, 5) is 0. The topological polar surface area (TPSA) is 55.4 Å². The van der Waals surface area contributed by atoms with Gasteiger partial charge in [0.25, 0.3) is 0 Å². The van der Waals surface area contributed by atoms with E-state index in [0.29, 0.717) is 25.2 Å². The van der Waals surface area contributed by atoms with E-state index < -0.39 is 21.9 Å². The number of hydrogen-bond acceptors (Lipinski definition) is 3. The minimum Gasteiger partial charge on any atom is -0.381 e. The first-order valence-corrected chi connectivity index (χ1v) is 10.7. The zero-order valence-corrected chi connectivity index (χ0v) is 16.9. The highest BCUT2D eigenvalue weighted by atomic mass is 32.2. The van der Waals surface area contributed by atoms with E-state index in [1.807, 2.05) is 30.3 Å². The van der Waals surface area contributed by atoms with E-state index in [0.717, 1.165) is 5.56 Å². The molecule has 148 valence electrons. The fourth-order valence-corrected chi connectivity index (χ4v) is 3.88. The molecule has 1 N–H and O–H groups in total. The van der Waals surface area contributed by atoms with Crippen LogP contribution in [0.2, 0.25) is 0 Å². The van der Waals surface area contributed by atoms with Crippen LogP contribution in [0.15, 0.2) is 54.6 Å². The van der Waals surface area contributed by atoms with E-state index in [1.165, 1.54) is 12.1 Å². The van der Waals surface area contributed by atoms with Gasteiger partial charge >= 0.3 is 0 Å². The smallest absolute Gasteiger partial charge is 0.212 e. The number of nitrogens with one attached hydrogen (secondary N) is 1.